The van der Waals surface area contributed by atoms with Gasteiger partial charge in [-0.3, -0.25) is 8.89 Å². The number of rotatable bonds is 8. The molecule has 1 aromatic rings. The van der Waals surface area contributed by atoms with Gasteiger partial charge in [0, 0.05) is 47.2 Å². The third-order valence-electron chi connectivity index (χ3n) is 2.51. The number of hydrogen-bond donors (Lipinski definition) is 2. The molecule has 98 valence electrons. The Morgan fingerprint density at radius 2 is 2.41 bits per heavy atom. The van der Waals surface area contributed by atoms with Crippen LogP contribution in [0.2, 0.25) is 0 Å². The van der Waals surface area contributed by atoms with Crippen LogP contribution in [0.4, 0.5) is 0 Å². The minimum atomic E-state index is -0.717. The Morgan fingerprint density at radius 1 is 1.65 bits per heavy atom. The molecule has 0 amide bonds. The molecule has 2 atom stereocenters. The van der Waals surface area contributed by atoms with Gasteiger partial charge in [-0.25, -0.2) is 0 Å². The van der Waals surface area contributed by atoms with Crippen molar-refractivity contribution in [2.75, 3.05) is 18.6 Å². The van der Waals surface area contributed by atoms with Gasteiger partial charge in [-0.15, -0.1) is 0 Å². The molecule has 1 aromatic heterocycles. The zero-order valence-electron chi connectivity index (χ0n) is 10.4. The van der Waals surface area contributed by atoms with Gasteiger partial charge in [-0.05, 0) is 13.3 Å². The lowest BCUT2D eigenvalue weighted by molar-refractivity contribution is 0.269. The van der Waals surface area contributed by atoms with Crippen LogP contribution in [0, 0.1) is 0 Å². The molecule has 2 unspecified atom stereocenters. The predicted molar refractivity (Wildman–Crippen MR) is 69.2 cm³/mol. The maximum absolute atomic E-state index is 10.9. The monoisotopic (exact) mass is 259 g/mol. The Labute approximate surface area is 105 Å². The van der Waals surface area contributed by atoms with Crippen molar-refractivity contribution in [3.05, 3.63) is 18.0 Å². The van der Waals surface area contributed by atoms with E-state index in [1.165, 1.54) is 0 Å². The summed E-state index contributed by atoms with van der Waals surface area (Å²) in [6.07, 6.45) is 6.36. The van der Waals surface area contributed by atoms with Crippen LogP contribution in [0.3, 0.4) is 0 Å². The van der Waals surface area contributed by atoms with Crippen molar-refractivity contribution in [2.24, 2.45) is 0 Å². The number of nitrogens with zero attached hydrogens (tertiary/aromatic N) is 2. The van der Waals surface area contributed by atoms with Crippen LogP contribution in [-0.2, 0) is 23.9 Å². The lowest BCUT2D eigenvalue weighted by Crippen LogP contribution is -2.26. The van der Waals surface area contributed by atoms with Crippen LogP contribution in [-0.4, -0.2) is 43.8 Å². The second-order valence-corrected chi connectivity index (χ2v) is 5.74. The summed E-state index contributed by atoms with van der Waals surface area (Å²) in [5, 5.41) is 16.2. The van der Waals surface area contributed by atoms with Crippen molar-refractivity contribution in [2.45, 2.75) is 32.5 Å². The summed E-state index contributed by atoms with van der Waals surface area (Å²) in [6, 6.07) is 0.347. The molecule has 0 bridgehead atoms. The number of aromatic nitrogens is 2. The van der Waals surface area contributed by atoms with E-state index in [9.17, 15) is 4.21 Å². The standard InChI is InChI=1S/C11H21N3O2S/c1-10(3-6-17(2)16)12-7-11-8-13-14(9-11)4-5-15/h8-10,12,15H,3-7H2,1-2H3. The van der Waals surface area contributed by atoms with Gasteiger partial charge in [0.2, 0.25) is 0 Å². The molecule has 0 aromatic carbocycles. The molecule has 17 heavy (non-hydrogen) atoms. The van der Waals surface area contributed by atoms with E-state index in [2.05, 4.69) is 17.3 Å². The zero-order chi connectivity index (χ0) is 12.7. The van der Waals surface area contributed by atoms with Gasteiger partial charge in [0.15, 0.2) is 0 Å². The second kappa shape index (κ2) is 7.58. The summed E-state index contributed by atoms with van der Waals surface area (Å²) in [5.41, 5.74) is 1.10. The molecule has 1 rings (SSSR count). The van der Waals surface area contributed by atoms with Crippen LogP contribution < -0.4 is 5.32 Å². The summed E-state index contributed by atoms with van der Waals surface area (Å²) in [6.45, 7) is 3.48. The molecule has 0 fully saturated rings. The smallest absolute Gasteiger partial charge is 0.0640 e. The maximum Gasteiger partial charge on any atom is 0.0640 e. The minimum Gasteiger partial charge on any atom is -0.394 e. The first-order valence-electron chi connectivity index (χ1n) is 5.77. The summed E-state index contributed by atoms with van der Waals surface area (Å²) in [7, 11) is -0.717. The van der Waals surface area contributed by atoms with Crippen molar-refractivity contribution in [3.8, 4) is 0 Å². The molecule has 0 aliphatic rings. The van der Waals surface area contributed by atoms with Crippen LogP contribution in [0.15, 0.2) is 12.4 Å². The lowest BCUT2D eigenvalue weighted by Gasteiger charge is -2.11. The highest BCUT2D eigenvalue weighted by Crippen LogP contribution is 2.00. The summed E-state index contributed by atoms with van der Waals surface area (Å²) in [4.78, 5) is 0. The van der Waals surface area contributed by atoms with Crippen molar-refractivity contribution in [1.82, 2.24) is 15.1 Å². The van der Waals surface area contributed by atoms with E-state index in [0.717, 1.165) is 24.3 Å². The highest BCUT2D eigenvalue weighted by molar-refractivity contribution is 7.84. The molecule has 1 heterocycles. The molecule has 0 aliphatic carbocycles. The second-order valence-electron chi connectivity index (χ2n) is 4.18. The quantitative estimate of drug-likeness (QED) is 0.696. The first-order valence-corrected chi connectivity index (χ1v) is 7.50. The number of hydrogen-bond acceptors (Lipinski definition) is 4. The summed E-state index contributed by atoms with van der Waals surface area (Å²) in [5.74, 6) is 0.734. The fourth-order valence-electron chi connectivity index (χ4n) is 1.46. The molecule has 0 saturated carbocycles. The SMILES string of the molecule is CC(CCS(C)=O)NCc1cnn(CCO)c1. The van der Waals surface area contributed by atoms with Gasteiger partial charge in [-0.1, -0.05) is 0 Å². The van der Waals surface area contributed by atoms with E-state index in [0.29, 0.717) is 12.6 Å². The molecule has 2 N–H and O–H groups in total. The molecule has 0 aliphatic heterocycles. The molecule has 0 saturated heterocycles. The summed E-state index contributed by atoms with van der Waals surface area (Å²) >= 11 is 0. The van der Waals surface area contributed by atoms with Crippen molar-refractivity contribution < 1.29 is 9.32 Å². The Balaban J connectivity index is 2.26. The average Bonchev–Trinajstić information content (AvgIpc) is 2.72. The van der Waals surface area contributed by atoms with E-state index >= 15 is 0 Å². The zero-order valence-corrected chi connectivity index (χ0v) is 11.2. The lowest BCUT2D eigenvalue weighted by atomic mass is 10.2. The van der Waals surface area contributed by atoms with Gasteiger partial charge in [0.25, 0.3) is 0 Å². The Hall–Kier alpha value is -0.720. The largest absolute Gasteiger partial charge is 0.394 e. The Kier molecular flexibility index (Phi) is 6.39. The minimum absolute atomic E-state index is 0.104. The van der Waals surface area contributed by atoms with Gasteiger partial charge < -0.3 is 10.4 Å². The highest BCUT2D eigenvalue weighted by atomic mass is 32.2. The molecular formula is C11H21N3O2S. The normalized spacial score (nSPS) is 14.8. The number of aliphatic hydroxyl groups is 1. The number of aliphatic hydroxyl groups excluding tert-OH is 1. The van der Waals surface area contributed by atoms with Gasteiger partial charge in [-0.2, -0.15) is 5.10 Å². The van der Waals surface area contributed by atoms with Crippen LogP contribution >= 0.6 is 0 Å². The third kappa shape index (κ3) is 5.95. The van der Waals surface area contributed by atoms with Gasteiger partial charge in [0.05, 0.1) is 19.3 Å². The number of nitrogens with one attached hydrogen (secondary N) is 1. The van der Waals surface area contributed by atoms with Gasteiger partial charge >= 0.3 is 0 Å². The molecule has 0 radical (unpaired) electrons. The first-order chi connectivity index (χ1) is 8.11. The summed E-state index contributed by atoms with van der Waals surface area (Å²) < 4.78 is 12.7. The molecule has 0 spiro atoms. The van der Waals surface area contributed by atoms with E-state index in [1.54, 1.807) is 17.1 Å². The van der Waals surface area contributed by atoms with E-state index < -0.39 is 10.8 Å². The Morgan fingerprint density at radius 3 is 3.06 bits per heavy atom. The Bertz CT molecular complexity index is 354. The van der Waals surface area contributed by atoms with E-state index in [-0.39, 0.29) is 6.61 Å². The molecular weight excluding hydrogens is 238 g/mol. The third-order valence-corrected chi connectivity index (χ3v) is 3.32. The highest BCUT2D eigenvalue weighted by Gasteiger charge is 2.04. The molecule has 5 nitrogen and oxygen atoms in total. The van der Waals surface area contributed by atoms with E-state index in [4.69, 9.17) is 5.11 Å². The van der Waals surface area contributed by atoms with Crippen LogP contribution in [0.25, 0.3) is 0 Å². The first kappa shape index (κ1) is 14.3. The van der Waals surface area contributed by atoms with Crippen molar-refractivity contribution in [3.63, 3.8) is 0 Å². The van der Waals surface area contributed by atoms with Crippen molar-refractivity contribution >= 4 is 10.8 Å². The van der Waals surface area contributed by atoms with Crippen LogP contribution in [0.1, 0.15) is 18.9 Å². The fraction of sp³-hybridized carbons (Fsp3) is 0.727. The molecule has 6 heteroatoms. The average molecular weight is 259 g/mol. The van der Waals surface area contributed by atoms with Crippen LogP contribution in [0.5, 0.6) is 0 Å². The van der Waals surface area contributed by atoms with Crippen molar-refractivity contribution in [1.29, 1.82) is 0 Å². The topological polar surface area (TPSA) is 67.2 Å². The van der Waals surface area contributed by atoms with Gasteiger partial charge in [0.1, 0.15) is 0 Å². The fourth-order valence-corrected chi connectivity index (χ4v) is 2.14. The predicted octanol–water partition coefficient (Wildman–Crippen LogP) is 0.122. The van der Waals surface area contributed by atoms with E-state index in [1.807, 2.05) is 6.20 Å². The maximum atomic E-state index is 10.9.